The molecule has 0 N–H and O–H groups in total. The average Bonchev–Trinajstić information content (AvgIpc) is 3.12. The molecule has 1 heterocycles. The number of nitrogens with zero attached hydrogens (tertiary/aromatic N) is 1. The summed E-state index contributed by atoms with van der Waals surface area (Å²) >= 11 is 0.893. The van der Waals surface area contributed by atoms with Crippen molar-refractivity contribution in [2.75, 3.05) is 0 Å². The molecule has 0 atom stereocenters. The second kappa shape index (κ2) is 9.53. The van der Waals surface area contributed by atoms with Gasteiger partial charge >= 0.3 is 0 Å². The summed E-state index contributed by atoms with van der Waals surface area (Å²) in [7, 11) is 0. The number of para-hydroxylation sites is 1. The van der Waals surface area contributed by atoms with E-state index in [-0.39, 0.29) is 23.5 Å². The summed E-state index contributed by atoms with van der Waals surface area (Å²) < 4.78 is 19.3. The van der Waals surface area contributed by atoms with E-state index in [0.717, 1.165) is 33.7 Å². The molecule has 4 aromatic rings. The number of hydrogen-bond acceptors (Lipinski definition) is 4. The van der Waals surface area contributed by atoms with Crippen LogP contribution in [-0.2, 0) is 17.9 Å². The SMILES string of the molecule is O=C1S/C(=C\c2ccccc2OCc2cccc3ccccc23)C(=O)N1Cc1ccc(F)cc1. The van der Waals surface area contributed by atoms with Crippen molar-refractivity contribution in [2.45, 2.75) is 13.2 Å². The number of thioether (sulfide) groups is 1. The number of rotatable bonds is 6. The van der Waals surface area contributed by atoms with Gasteiger partial charge in [0.1, 0.15) is 18.2 Å². The lowest BCUT2D eigenvalue weighted by molar-refractivity contribution is -0.123. The standard InChI is InChI=1S/C28H20FNO3S/c29-23-14-12-19(13-15-23)17-30-27(31)26(34-28(30)32)16-21-7-2-4-11-25(21)33-18-22-9-5-8-20-6-1-3-10-24(20)22/h1-16H,17-18H2/b26-16-. The number of imide groups is 1. The summed E-state index contributed by atoms with van der Waals surface area (Å²) in [6.45, 7) is 0.472. The fraction of sp³-hybridized carbons (Fsp3) is 0.0714. The first-order chi connectivity index (χ1) is 16.6. The topological polar surface area (TPSA) is 46.6 Å². The molecular weight excluding hydrogens is 449 g/mol. The van der Waals surface area contributed by atoms with Crippen molar-refractivity contribution in [3.8, 4) is 5.75 Å². The Kier molecular flexibility index (Phi) is 6.14. The number of carbonyl (C=O) groups is 2. The molecule has 0 unspecified atom stereocenters. The van der Waals surface area contributed by atoms with Gasteiger partial charge in [-0.15, -0.1) is 0 Å². The van der Waals surface area contributed by atoms with Crippen LogP contribution >= 0.6 is 11.8 Å². The molecule has 0 spiro atoms. The third kappa shape index (κ3) is 4.58. The molecule has 0 bridgehead atoms. The Bertz CT molecular complexity index is 1410. The Morgan fingerprint density at radius 3 is 2.44 bits per heavy atom. The zero-order valence-corrected chi connectivity index (χ0v) is 18.9. The predicted molar refractivity (Wildman–Crippen MR) is 133 cm³/mol. The number of amides is 2. The van der Waals surface area contributed by atoms with Crippen LogP contribution in [-0.4, -0.2) is 16.0 Å². The van der Waals surface area contributed by atoms with E-state index in [1.807, 2.05) is 48.5 Å². The van der Waals surface area contributed by atoms with E-state index in [4.69, 9.17) is 4.74 Å². The van der Waals surface area contributed by atoms with Crippen LogP contribution in [0.2, 0.25) is 0 Å². The first-order valence-corrected chi connectivity index (χ1v) is 11.6. The number of hydrogen-bond donors (Lipinski definition) is 0. The predicted octanol–water partition coefficient (Wildman–Crippen LogP) is 6.79. The molecule has 0 aliphatic carbocycles. The Morgan fingerprint density at radius 1 is 0.853 bits per heavy atom. The first kappa shape index (κ1) is 21.9. The largest absolute Gasteiger partial charge is 0.488 e. The third-order valence-electron chi connectivity index (χ3n) is 5.60. The molecule has 1 aliphatic rings. The summed E-state index contributed by atoms with van der Waals surface area (Å²) in [6, 6.07) is 27.4. The van der Waals surface area contributed by atoms with Crippen molar-refractivity contribution in [2.24, 2.45) is 0 Å². The van der Waals surface area contributed by atoms with E-state index in [2.05, 4.69) is 18.2 Å². The van der Waals surface area contributed by atoms with Crippen LogP contribution in [0.25, 0.3) is 16.8 Å². The highest BCUT2D eigenvalue weighted by atomic mass is 32.2. The van der Waals surface area contributed by atoms with E-state index in [1.165, 1.54) is 17.0 Å². The van der Waals surface area contributed by atoms with Crippen LogP contribution < -0.4 is 4.74 Å². The normalized spacial score (nSPS) is 14.9. The number of carbonyl (C=O) groups excluding carboxylic acids is 2. The molecule has 4 aromatic carbocycles. The lowest BCUT2D eigenvalue weighted by Gasteiger charge is -2.13. The Morgan fingerprint density at radius 2 is 1.59 bits per heavy atom. The summed E-state index contributed by atoms with van der Waals surface area (Å²) in [6.07, 6.45) is 1.69. The molecule has 0 aromatic heterocycles. The molecule has 1 saturated heterocycles. The maximum Gasteiger partial charge on any atom is 0.293 e. The van der Waals surface area contributed by atoms with E-state index in [0.29, 0.717) is 22.8 Å². The highest BCUT2D eigenvalue weighted by Gasteiger charge is 2.35. The first-order valence-electron chi connectivity index (χ1n) is 10.8. The minimum Gasteiger partial charge on any atom is -0.488 e. The summed E-state index contributed by atoms with van der Waals surface area (Å²) in [4.78, 5) is 26.9. The Hall–Kier alpha value is -3.90. The maximum absolute atomic E-state index is 13.2. The van der Waals surface area contributed by atoms with Crippen molar-refractivity contribution in [3.63, 3.8) is 0 Å². The highest BCUT2D eigenvalue weighted by molar-refractivity contribution is 8.18. The molecule has 1 aliphatic heterocycles. The van der Waals surface area contributed by atoms with Crippen molar-refractivity contribution in [3.05, 3.63) is 118 Å². The molecule has 4 nitrogen and oxygen atoms in total. The maximum atomic E-state index is 13.2. The van der Waals surface area contributed by atoms with Crippen LogP contribution in [0.3, 0.4) is 0 Å². The van der Waals surface area contributed by atoms with Gasteiger partial charge in [0.05, 0.1) is 11.4 Å². The smallest absolute Gasteiger partial charge is 0.293 e. The van der Waals surface area contributed by atoms with Gasteiger partial charge in [-0.25, -0.2) is 4.39 Å². The van der Waals surface area contributed by atoms with Crippen LogP contribution in [0.5, 0.6) is 5.75 Å². The van der Waals surface area contributed by atoms with Crippen LogP contribution in [0.4, 0.5) is 9.18 Å². The molecule has 5 rings (SSSR count). The monoisotopic (exact) mass is 469 g/mol. The highest BCUT2D eigenvalue weighted by Crippen LogP contribution is 2.35. The van der Waals surface area contributed by atoms with Gasteiger partial charge in [0.2, 0.25) is 0 Å². The van der Waals surface area contributed by atoms with Gasteiger partial charge in [-0.3, -0.25) is 14.5 Å². The fourth-order valence-electron chi connectivity index (χ4n) is 3.85. The summed E-state index contributed by atoms with van der Waals surface area (Å²) in [5.41, 5.74) is 2.46. The Labute approximate surface area is 200 Å². The second-order valence-electron chi connectivity index (χ2n) is 7.86. The second-order valence-corrected chi connectivity index (χ2v) is 8.85. The van der Waals surface area contributed by atoms with E-state index in [9.17, 15) is 14.0 Å². The minimum atomic E-state index is -0.372. The molecule has 1 fully saturated rings. The van der Waals surface area contributed by atoms with Gasteiger partial charge in [-0.1, -0.05) is 72.8 Å². The van der Waals surface area contributed by atoms with Crippen molar-refractivity contribution < 1.29 is 18.7 Å². The molecule has 34 heavy (non-hydrogen) atoms. The van der Waals surface area contributed by atoms with E-state index in [1.54, 1.807) is 18.2 Å². The number of ether oxygens (including phenoxy) is 1. The lowest BCUT2D eigenvalue weighted by atomic mass is 10.1. The lowest BCUT2D eigenvalue weighted by Crippen LogP contribution is -2.27. The molecule has 0 radical (unpaired) electrons. The average molecular weight is 470 g/mol. The van der Waals surface area contributed by atoms with Crippen molar-refractivity contribution >= 4 is 39.8 Å². The molecule has 168 valence electrons. The quantitative estimate of drug-likeness (QED) is 0.292. The van der Waals surface area contributed by atoms with Gasteiger partial charge in [0, 0.05) is 5.56 Å². The molecular formula is C28H20FNO3S. The van der Waals surface area contributed by atoms with Crippen LogP contribution in [0.1, 0.15) is 16.7 Å². The molecule has 6 heteroatoms. The zero-order valence-electron chi connectivity index (χ0n) is 18.1. The number of benzene rings is 4. The number of fused-ring (bicyclic) bond motifs is 1. The fourth-order valence-corrected chi connectivity index (χ4v) is 4.68. The van der Waals surface area contributed by atoms with Crippen molar-refractivity contribution in [1.29, 1.82) is 0 Å². The van der Waals surface area contributed by atoms with Gasteiger partial charge in [0.25, 0.3) is 11.1 Å². The van der Waals surface area contributed by atoms with Gasteiger partial charge in [-0.05, 0) is 57.9 Å². The van der Waals surface area contributed by atoms with E-state index >= 15 is 0 Å². The van der Waals surface area contributed by atoms with Crippen molar-refractivity contribution in [1.82, 2.24) is 4.90 Å². The van der Waals surface area contributed by atoms with E-state index < -0.39 is 0 Å². The van der Waals surface area contributed by atoms with Crippen LogP contribution in [0, 0.1) is 5.82 Å². The Balaban J connectivity index is 1.35. The van der Waals surface area contributed by atoms with Gasteiger partial charge in [-0.2, -0.15) is 0 Å². The minimum absolute atomic E-state index is 0.0987. The summed E-state index contributed by atoms with van der Waals surface area (Å²) in [5, 5.41) is 1.92. The van der Waals surface area contributed by atoms with Gasteiger partial charge in [0.15, 0.2) is 0 Å². The van der Waals surface area contributed by atoms with Crippen LogP contribution in [0.15, 0.2) is 95.9 Å². The number of halogens is 1. The third-order valence-corrected chi connectivity index (χ3v) is 6.50. The van der Waals surface area contributed by atoms with Gasteiger partial charge < -0.3 is 4.74 Å². The molecule has 0 saturated carbocycles. The molecule has 2 amide bonds. The summed E-state index contributed by atoms with van der Waals surface area (Å²) in [5.74, 6) is -0.109. The zero-order chi connectivity index (χ0) is 23.5.